The standard InChI is InChI=1S/C23H28O6/c1-15-12-29-23(17-7-9-20(25-3)22(11-17)27-5)18(15)14-28-13-16-6-8-19(24-2)21(10-16)26-4/h6-11,18,23H,1,12-14H2,2-5H3/t18-,23+/m0/s1. The molecule has 6 nitrogen and oxygen atoms in total. The second-order valence-electron chi connectivity index (χ2n) is 6.82. The SMILES string of the molecule is C=C1CO[C@H](c2ccc(OC)c(OC)c2)[C@H]1COCc1ccc(OC)c(OC)c1. The van der Waals surface area contributed by atoms with Crippen molar-refractivity contribution in [2.45, 2.75) is 12.7 Å². The molecule has 1 fully saturated rings. The van der Waals surface area contributed by atoms with Crippen LogP contribution in [0.5, 0.6) is 23.0 Å². The third kappa shape index (κ3) is 4.66. The lowest BCUT2D eigenvalue weighted by Gasteiger charge is -2.21. The second kappa shape index (κ2) is 9.67. The smallest absolute Gasteiger partial charge is 0.161 e. The predicted octanol–water partition coefficient (Wildman–Crippen LogP) is 4.18. The highest BCUT2D eigenvalue weighted by Crippen LogP contribution is 2.40. The number of rotatable bonds is 9. The molecule has 1 aliphatic heterocycles. The molecule has 0 N–H and O–H groups in total. The summed E-state index contributed by atoms with van der Waals surface area (Å²) in [6, 6.07) is 11.6. The lowest BCUT2D eigenvalue weighted by molar-refractivity contribution is 0.0380. The van der Waals surface area contributed by atoms with Gasteiger partial charge in [-0.3, -0.25) is 0 Å². The van der Waals surface area contributed by atoms with Crippen LogP contribution in [-0.2, 0) is 16.1 Å². The number of hydrogen-bond acceptors (Lipinski definition) is 6. The van der Waals surface area contributed by atoms with Crippen LogP contribution in [0.4, 0.5) is 0 Å². The summed E-state index contributed by atoms with van der Waals surface area (Å²) in [6.07, 6.45) is -0.132. The number of ether oxygens (including phenoxy) is 6. The molecule has 3 rings (SSSR count). The van der Waals surface area contributed by atoms with Crippen molar-refractivity contribution >= 4 is 0 Å². The van der Waals surface area contributed by atoms with Gasteiger partial charge in [-0.1, -0.05) is 18.7 Å². The first-order chi connectivity index (χ1) is 14.1. The van der Waals surface area contributed by atoms with E-state index >= 15 is 0 Å². The van der Waals surface area contributed by atoms with Gasteiger partial charge in [-0.15, -0.1) is 0 Å². The van der Waals surface area contributed by atoms with E-state index in [4.69, 9.17) is 28.4 Å². The highest BCUT2D eigenvalue weighted by Gasteiger charge is 2.33. The fraction of sp³-hybridized carbons (Fsp3) is 0.391. The van der Waals surface area contributed by atoms with E-state index in [1.807, 2.05) is 36.4 Å². The Balaban J connectivity index is 1.67. The largest absolute Gasteiger partial charge is 0.493 e. The van der Waals surface area contributed by atoms with Crippen LogP contribution in [0, 0.1) is 5.92 Å². The van der Waals surface area contributed by atoms with Crippen LogP contribution >= 0.6 is 0 Å². The zero-order valence-electron chi connectivity index (χ0n) is 17.4. The molecule has 0 amide bonds. The van der Waals surface area contributed by atoms with Gasteiger partial charge < -0.3 is 28.4 Å². The van der Waals surface area contributed by atoms with Crippen molar-refractivity contribution in [3.05, 3.63) is 59.7 Å². The van der Waals surface area contributed by atoms with Crippen LogP contribution in [0.2, 0.25) is 0 Å². The summed E-state index contributed by atoms with van der Waals surface area (Å²) in [5.41, 5.74) is 3.05. The van der Waals surface area contributed by atoms with Gasteiger partial charge in [0.2, 0.25) is 0 Å². The monoisotopic (exact) mass is 400 g/mol. The number of methoxy groups -OCH3 is 4. The van der Waals surface area contributed by atoms with Gasteiger partial charge in [-0.25, -0.2) is 0 Å². The van der Waals surface area contributed by atoms with Crippen molar-refractivity contribution < 1.29 is 28.4 Å². The molecule has 0 spiro atoms. The lowest BCUT2D eigenvalue weighted by Crippen LogP contribution is -2.15. The van der Waals surface area contributed by atoms with Crippen molar-refractivity contribution in [1.29, 1.82) is 0 Å². The minimum atomic E-state index is -0.132. The van der Waals surface area contributed by atoms with Gasteiger partial charge in [0.15, 0.2) is 23.0 Å². The van der Waals surface area contributed by atoms with Gasteiger partial charge in [0, 0.05) is 5.92 Å². The first kappa shape index (κ1) is 21.0. The minimum Gasteiger partial charge on any atom is -0.493 e. The Morgan fingerprint density at radius 3 is 2.14 bits per heavy atom. The minimum absolute atomic E-state index is 0.0632. The fourth-order valence-corrected chi connectivity index (χ4v) is 3.47. The van der Waals surface area contributed by atoms with Gasteiger partial charge in [-0.2, -0.15) is 0 Å². The molecule has 2 aromatic carbocycles. The Hall–Kier alpha value is -2.70. The summed E-state index contributed by atoms with van der Waals surface area (Å²) in [6.45, 7) is 5.65. The molecule has 1 aliphatic rings. The molecule has 2 aromatic rings. The number of benzene rings is 2. The van der Waals surface area contributed by atoms with Gasteiger partial charge in [-0.05, 0) is 41.0 Å². The summed E-state index contributed by atoms with van der Waals surface area (Å²) >= 11 is 0. The summed E-state index contributed by atoms with van der Waals surface area (Å²) < 4.78 is 33.4. The van der Waals surface area contributed by atoms with E-state index in [-0.39, 0.29) is 12.0 Å². The van der Waals surface area contributed by atoms with E-state index < -0.39 is 0 Å². The van der Waals surface area contributed by atoms with Crippen molar-refractivity contribution in [1.82, 2.24) is 0 Å². The molecule has 0 unspecified atom stereocenters. The molecule has 1 heterocycles. The Morgan fingerprint density at radius 2 is 1.48 bits per heavy atom. The average Bonchev–Trinajstić information content (AvgIpc) is 3.13. The van der Waals surface area contributed by atoms with Crippen LogP contribution in [0.3, 0.4) is 0 Å². The topological polar surface area (TPSA) is 55.4 Å². The maximum Gasteiger partial charge on any atom is 0.161 e. The normalized spacial score (nSPS) is 18.6. The number of hydrogen-bond donors (Lipinski definition) is 0. The van der Waals surface area contributed by atoms with E-state index in [2.05, 4.69) is 6.58 Å². The molecule has 0 saturated carbocycles. The third-order valence-corrected chi connectivity index (χ3v) is 5.09. The van der Waals surface area contributed by atoms with Crippen molar-refractivity contribution in [2.24, 2.45) is 5.92 Å². The molecule has 0 aromatic heterocycles. The molecule has 2 atom stereocenters. The van der Waals surface area contributed by atoms with Crippen molar-refractivity contribution in [2.75, 3.05) is 41.7 Å². The zero-order chi connectivity index (χ0) is 20.8. The van der Waals surface area contributed by atoms with Crippen LogP contribution < -0.4 is 18.9 Å². The Morgan fingerprint density at radius 1 is 0.862 bits per heavy atom. The van der Waals surface area contributed by atoms with Gasteiger partial charge in [0.1, 0.15) is 0 Å². The summed E-state index contributed by atoms with van der Waals surface area (Å²) in [5.74, 6) is 2.81. The maximum atomic E-state index is 6.01. The van der Waals surface area contributed by atoms with Crippen molar-refractivity contribution in [3.63, 3.8) is 0 Å². The fourth-order valence-electron chi connectivity index (χ4n) is 3.47. The molecular formula is C23H28O6. The van der Waals surface area contributed by atoms with E-state index in [1.165, 1.54) is 0 Å². The Labute approximate surface area is 171 Å². The first-order valence-electron chi connectivity index (χ1n) is 9.41. The average molecular weight is 400 g/mol. The molecule has 1 saturated heterocycles. The summed E-state index contributed by atoms with van der Waals surface area (Å²) in [7, 11) is 6.49. The molecule has 29 heavy (non-hydrogen) atoms. The summed E-state index contributed by atoms with van der Waals surface area (Å²) in [5, 5.41) is 0. The van der Waals surface area contributed by atoms with Gasteiger partial charge in [0.25, 0.3) is 0 Å². The molecule has 6 heteroatoms. The van der Waals surface area contributed by atoms with E-state index in [1.54, 1.807) is 28.4 Å². The summed E-state index contributed by atoms with van der Waals surface area (Å²) in [4.78, 5) is 0. The molecular weight excluding hydrogens is 372 g/mol. The van der Waals surface area contributed by atoms with Crippen LogP contribution in [0.25, 0.3) is 0 Å². The highest BCUT2D eigenvalue weighted by molar-refractivity contribution is 5.44. The quantitative estimate of drug-likeness (QED) is 0.589. The highest BCUT2D eigenvalue weighted by atomic mass is 16.5. The third-order valence-electron chi connectivity index (χ3n) is 5.09. The van der Waals surface area contributed by atoms with E-state index in [0.29, 0.717) is 42.8 Å². The molecule has 0 radical (unpaired) electrons. The van der Waals surface area contributed by atoms with E-state index in [0.717, 1.165) is 16.7 Å². The van der Waals surface area contributed by atoms with Crippen LogP contribution in [-0.4, -0.2) is 41.7 Å². The molecule has 0 bridgehead atoms. The molecule has 0 aliphatic carbocycles. The van der Waals surface area contributed by atoms with Crippen molar-refractivity contribution in [3.8, 4) is 23.0 Å². The lowest BCUT2D eigenvalue weighted by atomic mass is 9.93. The first-order valence-corrected chi connectivity index (χ1v) is 9.41. The van der Waals surface area contributed by atoms with Gasteiger partial charge >= 0.3 is 0 Å². The Bertz CT molecular complexity index is 847. The zero-order valence-corrected chi connectivity index (χ0v) is 17.4. The second-order valence-corrected chi connectivity index (χ2v) is 6.82. The van der Waals surface area contributed by atoms with Gasteiger partial charge in [0.05, 0.1) is 54.4 Å². The maximum absolute atomic E-state index is 6.01. The van der Waals surface area contributed by atoms with Crippen LogP contribution in [0.1, 0.15) is 17.2 Å². The predicted molar refractivity (Wildman–Crippen MR) is 110 cm³/mol. The Kier molecular flexibility index (Phi) is 7.01. The molecule has 156 valence electrons. The van der Waals surface area contributed by atoms with Crippen LogP contribution in [0.15, 0.2) is 48.6 Å². The van der Waals surface area contributed by atoms with E-state index in [9.17, 15) is 0 Å².